The first-order valence-electron chi connectivity index (χ1n) is 9.54. The monoisotopic (exact) mass is 373 g/mol. The van der Waals surface area contributed by atoms with Crippen LogP contribution in [0.25, 0.3) is 0 Å². The lowest BCUT2D eigenvalue weighted by atomic mass is 9.80. The molecule has 0 saturated carbocycles. The van der Waals surface area contributed by atoms with Crippen molar-refractivity contribution in [3.8, 4) is 0 Å². The van der Waals surface area contributed by atoms with E-state index in [1.165, 1.54) is 0 Å². The summed E-state index contributed by atoms with van der Waals surface area (Å²) in [5, 5.41) is 2.70. The van der Waals surface area contributed by atoms with Crippen molar-refractivity contribution in [3.63, 3.8) is 0 Å². The Morgan fingerprint density at radius 1 is 0.821 bits per heavy atom. The summed E-state index contributed by atoms with van der Waals surface area (Å²) in [5.74, 6) is 0. The van der Waals surface area contributed by atoms with E-state index in [1.54, 1.807) is 0 Å². The second-order valence-corrected chi connectivity index (χ2v) is 6.82. The zero-order chi connectivity index (χ0) is 19.2. The summed E-state index contributed by atoms with van der Waals surface area (Å²) >= 11 is 0. The third kappa shape index (κ3) is 3.64. The Morgan fingerprint density at radius 2 is 1.29 bits per heavy atom. The molecule has 1 fully saturated rings. The number of nitrogens with one attached hydrogen (secondary N) is 1. The van der Waals surface area contributed by atoms with Crippen molar-refractivity contribution in [3.05, 3.63) is 108 Å². The highest BCUT2D eigenvalue weighted by molar-refractivity contribution is 5.69. The van der Waals surface area contributed by atoms with Crippen LogP contribution in [-0.2, 0) is 15.1 Å². The zero-order valence-electron chi connectivity index (χ0n) is 15.6. The van der Waals surface area contributed by atoms with Crippen molar-refractivity contribution in [2.24, 2.45) is 0 Å². The van der Waals surface area contributed by atoms with Gasteiger partial charge in [-0.3, -0.25) is 0 Å². The minimum Gasteiger partial charge on any atom is -0.444 e. The maximum absolute atomic E-state index is 11.3. The van der Waals surface area contributed by atoms with Gasteiger partial charge in [-0.2, -0.15) is 0 Å². The van der Waals surface area contributed by atoms with Gasteiger partial charge in [0.25, 0.3) is 0 Å². The van der Waals surface area contributed by atoms with Crippen molar-refractivity contribution < 1.29 is 14.3 Å². The van der Waals surface area contributed by atoms with E-state index < -0.39 is 5.60 Å². The molecule has 0 radical (unpaired) electrons. The maximum Gasteiger partial charge on any atom is 0.407 e. The summed E-state index contributed by atoms with van der Waals surface area (Å²) in [4.78, 5) is 11.3. The fraction of sp³-hybridized carbons (Fsp3) is 0.208. The van der Waals surface area contributed by atoms with Gasteiger partial charge in [-0.05, 0) is 16.7 Å². The van der Waals surface area contributed by atoms with Crippen molar-refractivity contribution in [2.75, 3.05) is 13.2 Å². The molecule has 142 valence electrons. The van der Waals surface area contributed by atoms with Crippen LogP contribution in [0.3, 0.4) is 0 Å². The topological polar surface area (TPSA) is 47.6 Å². The number of benzene rings is 3. The molecule has 4 rings (SSSR count). The average Bonchev–Trinajstić information content (AvgIpc) is 3.18. The summed E-state index contributed by atoms with van der Waals surface area (Å²) in [5.41, 5.74) is 2.46. The molecule has 0 aliphatic carbocycles. The van der Waals surface area contributed by atoms with E-state index in [4.69, 9.17) is 9.47 Å². The first kappa shape index (κ1) is 18.3. The van der Waals surface area contributed by atoms with Gasteiger partial charge in [-0.25, -0.2) is 4.79 Å². The van der Waals surface area contributed by atoms with Crippen LogP contribution in [0.4, 0.5) is 4.79 Å². The summed E-state index contributed by atoms with van der Waals surface area (Å²) in [6, 6.07) is 30.8. The number of carbonyl (C=O) groups is 1. The summed E-state index contributed by atoms with van der Waals surface area (Å²) in [7, 11) is 0. The third-order valence-corrected chi connectivity index (χ3v) is 5.05. The molecule has 1 atom stereocenters. The molecular formula is C24H23NO3. The first-order valence-corrected chi connectivity index (χ1v) is 9.54. The molecule has 1 saturated heterocycles. The fourth-order valence-electron chi connectivity index (χ4n) is 3.70. The molecule has 1 amide bonds. The average molecular weight is 373 g/mol. The molecule has 1 aliphatic rings. The van der Waals surface area contributed by atoms with E-state index in [0.29, 0.717) is 19.6 Å². The highest BCUT2D eigenvalue weighted by Gasteiger charge is 2.37. The largest absolute Gasteiger partial charge is 0.444 e. The minimum absolute atomic E-state index is 0.160. The van der Waals surface area contributed by atoms with Crippen LogP contribution >= 0.6 is 0 Å². The quantitative estimate of drug-likeness (QED) is 0.621. The Hall–Kier alpha value is -3.11. The zero-order valence-corrected chi connectivity index (χ0v) is 15.6. The van der Waals surface area contributed by atoms with Crippen molar-refractivity contribution in [1.29, 1.82) is 0 Å². The number of amides is 1. The van der Waals surface area contributed by atoms with Gasteiger partial charge in [0.15, 0.2) is 0 Å². The highest BCUT2D eigenvalue weighted by atomic mass is 16.6. The van der Waals surface area contributed by atoms with Gasteiger partial charge in [0, 0.05) is 6.42 Å². The Bertz CT molecular complexity index is 800. The van der Waals surface area contributed by atoms with E-state index in [9.17, 15) is 4.79 Å². The van der Waals surface area contributed by atoms with Crippen molar-refractivity contribution >= 4 is 6.09 Å². The Kier molecular flexibility index (Phi) is 5.40. The summed E-state index contributed by atoms with van der Waals surface area (Å²) in [6.45, 7) is 0.982. The van der Waals surface area contributed by atoms with Gasteiger partial charge >= 0.3 is 6.09 Å². The fourth-order valence-corrected chi connectivity index (χ4v) is 3.70. The molecular weight excluding hydrogens is 350 g/mol. The molecule has 1 aliphatic heterocycles. The number of carbonyl (C=O) groups excluding carboxylic acids is 1. The van der Waals surface area contributed by atoms with E-state index in [2.05, 4.69) is 41.7 Å². The van der Waals surface area contributed by atoms with Crippen molar-refractivity contribution in [1.82, 2.24) is 5.32 Å². The molecule has 1 N–H and O–H groups in total. The number of cyclic esters (lactones) is 1. The van der Waals surface area contributed by atoms with Gasteiger partial charge in [-0.1, -0.05) is 91.0 Å². The van der Waals surface area contributed by atoms with Crippen LogP contribution in [0, 0.1) is 0 Å². The molecule has 3 aromatic carbocycles. The molecule has 0 spiro atoms. The van der Waals surface area contributed by atoms with Gasteiger partial charge in [0.2, 0.25) is 0 Å². The van der Waals surface area contributed by atoms with Gasteiger partial charge in [0.1, 0.15) is 11.7 Å². The van der Waals surface area contributed by atoms with E-state index >= 15 is 0 Å². The summed E-state index contributed by atoms with van der Waals surface area (Å²) < 4.78 is 11.9. The SMILES string of the molecule is O=C1NC[C@H](CCOC(c2ccccc2)(c2ccccc2)c2ccccc2)O1. The normalized spacial score (nSPS) is 16.4. The number of hydrogen-bond acceptors (Lipinski definition) is 3. The Morgan fingerprint density at radius 3 is 1.68 bits per heavy atom. The lowest BCUT2D eigenvalue weighted by Crippen LogP contribution is -2.34. The predicted octanol–water partition coefficient (Wildman–Crippen LogP) is 4.49. The molecule has 4 nitrogen and oxygen atoms in total. The highest BCUT2D eigenvalue weighted by Crippen LogP contribution is 2.40. The second kappa shape index (κ2) is 8.28. The van der Waals surface area contributed by atoms with Crippen molar-refractivity contribution in [2.45, 2.75) is 18.1 Å². The molecule has 28 heavy (non-hydrogen) atoms. The van der Waals surface area contributed by atoms with E-state index in [1.807, 2.05) is 54.6 Å². The van der Waals surface area contributed by atoms with E-state index in [0.717, 1.165) is 16.7 Å². The number of hydrogen-bond donors (Lipinski definition) is 1. The Labute approximate surface area is 165 Å². The van der Waals surface area contributed by atoms with Crippen LogP contribution in [0.2, 0.25) is 0 Å². The van der Waals surface area contributed by atoms with E-state index in [-0.39, 0.29) is 12.2 Å². The van der Waals surface area contributed by atoms with Crippen LogP contribution in [0.15, 0.2) is 91.0 Å². The standard InChI is InChI=1S/C24H23NO3/c26-23-25-18-22(28-23)16-17-27-24(19-10-4-1-5-11-19,20-12-6-2-7-13-20)21-14-8-3-9-15-21/h1-15,22H,16-18H2,(H,25,26)/t22-/m0/s1. The lowest BCUT2D eigenvalue weighted by molar-refractivity contribution is -0.00212. The number of ether oxygens (including phenoxy) is 2. The molecule has 0 aromatic heterocycles. The molecule has 0 bridgehead atoms. The first-order chi connectivity index (χ1) is 13.8. The van der Waals surface area contributed by atoms with Crippen LogP contribution < -0.4 is 5.32 Å². The molecule has 3 aromatic rings. The third-order valence-electron chi connectivity index (χ3n) is 5.05. The van der Waals surface area contributed by atoms with Gasteiger partial charge in [-0.15, -0.1) is 0 Å². The lowest BCUT2D eigenvalue weighted by Gasteiger charge is -2.36. The predicted molar refractivity (Wildman–Crippen MR) is 108 cm³/mol. The van der Waals surface area contributed by atoms with Crippen LogP contribution in [0.1, 0.15) is 23.1 Å². The van der Waals surface area contributed by atoms with Gasteiger partial charge in [0.05, 0.1) is 13.2 Å². The number of rotatable bonds is 7. The molecule has 4 heteroatoms. The molecule has 1 heterocycles. The minimum atomic E-state index is -0.736. The van der Waals surface area contributed by atoms with Gasteiger partial charge < -0.3 is 14.8 Å². The smallest absolute Gasteiger partial charge is 0.407 e. The molecule has 0 unspecified atom stereocenters. The summed E-state index contributed by atoms with van der Waals surface area (Å²) in [6.07, 6.45) is 0.116. The number of alkyl carbamates (subject to hydrolysis) is 1. The maximum atomic E-state index is 11.3. The Balaban J connectivity index is 1.73. The van der Waals surface area contributed by atoms with Crippen LogP contribution in [-0.4, -0.2) is 25.3 Å². The second-order valence-electron chi connectivity index (χ2n) is 6.82. The van der Waals surface area contributed by atoms with Crippen LogP contribution in [0.5, 0.6) is 0 Å².